The van der Waals surface area contributed by atoms with Crippen LogP contribution in [-0.2, 0) is 14.3 Å². The van der Waals surface area contributed by atoms with E-state index in [2.05, 4.69) is 29.6 Å². The van der Waals surface area contributed by atoms with Gasteiger partial charge >= 0.3 is 12.1 Å². The number of carbonyl (C=O) groups excluding carboxylic acids is 2. The zero-order valence-electron chi connectivity index (χ0n) is 19.8. The minimum atomic E-state index is -0.817. The van der Waals surface area contributed by atoms with Crippen LogP contribution in [0, 0.1) is 5.41 Å². The van der Waals surface area contributed by atoms with Crippen LogP contribution in [0.25, 0.3) is 11.1 Å². The minimum Gasteiger partial charge on any atom is -0.481 e. The number of hydrogen-bond acceptors (Lipinski definition) is 4. The Bertz CT molecular complexity index is 1030. The highest BCUT2D eigenvalue weighted by atomic mass is 16.5. The van der Waals surface area contributed by atoms with E-state index in [9.17, 15) is 19.5 Å². The number of alkyl carbamates (subject to hydrolysis) is 1. The van der Waals surface area contributed by atoms with Gasteiger partial charge in [-0.1, -0.05) is 55.5 Å². The molecule has 0 radical (unpaired) electrons. The van der Waals surface area contributed by atoms with E-state index >= 15 is 0 Å². The summed E-state index contributed by atoms with van der Waals surface area (Å²) in [6.45, 7) is 4.71. The van der Waals surface area contributed by atoms with Crippen molar-refractivity contribution in [2.45, 2.75) is 51.5 Å². The maximum absolute atomic E-state index is 12.8. The number of nitrogens with zero attached hydrogens (tertiary/aromatic N) is 1. The molecule has 1 fully saturated rings. The quantitative estimate of drug-likeness (QED) is 0.633. The van der Waals surface area contributed by atoms with Crippen molar-refractivity contribution in [2.75, 3.05) is 19.7 Å². The van der Waals surface area contributed by atoms with Gasteiger partial charge in [-0.25, -0.2) is 4.79 Å². The van der Waals surface area contributed by atoms with Gasteiger partial charge in [0.25, 0.3) is 0 Å². The van der Waals surface area contributed by atoms with Crippen molar-refractivity contribution in [3.05, 3.63) is 59.7 Å². The molecule has 1 saturated heterocycles. The average Bonchev–Trinajstić information content (AvgIpc) is 3.16. The van der Waals surface area contributed by atoms with E-state index < -0.39 is 17.5 Å². The normalized spacial score (nSPS) is 17.4. The highest BCUT2D eigenvalue weighted by Gasteiger charge is 2.38. The molecule has 1 aliphatic heterocycles. The summed E-state index contributed by atoms with van der Waals surface area (Å²) >= 11 is 0. The number of ether oxygens (including phenoxy) is 1. The number of rotatable bonds is 7. The summed E-state index contributed by atoms with van der Waals surface area (Å²) < 4.78 is 5.61. The fourth-order valence-corrected chi connectivity index (χ4v) is 4.91. The van der Waals surface area contributed by atoms with Crippen LogP contribution in [0.3, 0.4) is 0 Å². The van der Waals surface area contributed by atoms with Crippen molar-refractivity contribution in [1.82, 2.24) is 10.2 Å². The molecule has 1 aliphatic carbocycles. The van der Waals surface area contributed by atoms with E-state index in [4.69, 9.17) is 4.74 Å². The fourth-order valence-electron chi connectivity index (χ4n) is 4.91. The van der Waals surface area contributed by atoms with Crippen LogP contribution in [-0.4, -0.2) is 53.7 Å². The molecule has 2 N–H and O–H groups in total. The van der Waals surface area contributed by atoms with Gasteiger partial charge in [0.15, 0.2) is 0 Å². The topological polar surface area (TPSA) is 95.9 Å². The highest BCUT2D eigenvalue weighted by molar-refractivity contribution is 5.80. The molecule has 0 aromatic heterocycles. The number of carbonyl (C=O) groups is 3. The molecule has 7 heteroatoms. The van der Waals surface area contributed by atoms with E-state index in [0.717, 1.165) is 11.1 Å². The lowest BCUT2D eigenvalue weighted by Gasteiger charge is -2.37. The van der Waals surface area contributed by atoms with Gasteiger partial charge in [0.05, 0.1) is 5.41 Å². The maximum Gasteiger partial charge on any atom is 0.407 e. The lowest BCUT2D eigenvalue weighted by Crippen LogP contribution is -2.47. The molecule has 2 aliphatic rings. The van der Waals surface area contributed by atoms with E-state index in [0.29, 0.717) is 32.4 Å². The Kier molecular flexibility index (Phi) is 6.91. The van der Waals surface area contributed by atoms with Crippen LogP contribution in [0.5, 0.6) is 0 Å². The van der Waals surface area contributed by atoms with Gasteiger partial charge in [0.2, 0.25) is 5.91 Å². The van der Waals surface area contributed by atoms with Crippen molar-refractivity contribution >= 4 is 18.0 Å². The number of carboxylic acid groups (broad SMARTS) is 1. The van der Waals surface area contributed by atoms with Gasteiger partial charge in [-0.05, 0) is 48.4 Å². The first-order chi connectivity index (χ1) is 16.3. The number of fused-ring (bicyclic) bond motifs is 3. The number of hydrogen-bond donors (Lipinski definition) is 2. The Morgan fingerprint density at radius 2 is 1.62 bits per heavy atom. The third-order valence-corrected chi connectivity index (χ3v) is 7.32. The first-order valence-corrected chi connectivity index (χ1v) is 11.9. The fraction of sp³-hybridized carbons (Fsp3) is 0.444. The summed E-state index contributed by atoms with van der Waals surface area (Å²) in [5, 5.41) is 12.2. The molecular formula is C27H32N2O5. The van der Waals surface area contributed by atoms with Crippen LogP contribution >= 0.6 is 0 Å². The van der Waals surface area contributed by atoms with Crippen molar-refractivity contribution in [2.24, 2.45) is 5.41 Å². The van der Waals surface area contributed by atoms with Crippen molar-refractivity contribution in [1.29, 1.82) is 0 Å². The van der Waals surface area contributed by atoms with Crippen molar-refractivity contribution in [3.8, 4) is 11.1 Å². The van der Waals surface area contributed by atoms with Gasteiger partial charge in [0, 0.05) is 31.5 Å². The van der Waals surface area contributed by atoms with E-state index in [1.54, 1.807) is 11.8 Å². The number of benzene rings is 2. The molecule has 0 saturated carbocycles. The Hall–Kier alpha value is -3.35. The third kappa shape index (κ3) is 4.79. The maximum atomic E-state index is 12.8. The van der Waals surface area contributed by atoms with Gasteiger partial charge in [0.1, 0.15) is 6.61 Å². The zero-order valence-corrected chi connectivity index (χ0v) is 19.8. The molecule has 0 bridgehead atoms. The van der Waals surface area contributed by atoms with Crippen molar-refractivity contribution < 1.29 is 24.2 Å². The van der Waals surface area contributed by atoms with E-state index in [1.807, 2.05) is 31.2 Å². The molecule has 0 spiro atoms. The molecule has 34 heavy (non-hydrogen) atoms. The summed E-state index contributed by atoms with van der Waals surface area (Å²) in [5.41, 5.74) is 3.86. The van der Waals surface area contributed by atoms with Gasteiger partial charge < -0.3 is 20.1 Å². The number of piperidine rings is 1. The molecule has 7 nitrogen and oxygen atoms in total. The second kappa shape index (κ2) is 9.87. The van der Waals surface area contributed by atoms with Crippen LogP contribution in [0.1, 0.15) is 56.6 Å². The number of nitrogens with one attached hydrogen (secondary N) is 1. The largest absolute Gasteiger partial charge is 0.481 e. The molecule has 1 atom stereocenters. The molecule has 2 aromatic rings. The number of carboxylic acids is 1. The predicted octanol–water partition coefficient (Wildman–Crippen LogP) is 4.41. The smallest absolute Gasteiger partial charge is 0.407 e. The Morgan fingerprint density at radius 1 is 1.06 bits per heavy atom. The first kappa shape index (κ1) is 23.8. The van der Waals surface area contributed by atoms with E-state index in [-0.39, 0.29) is 30.9 Å². The van der Waals surface area contributed by atoms with E-state index in [1.165, 1.54) is 11.1 Å². The third-order valence-electron chi connectivity index (χ3n) is 7.32. The van der Waals surface area contributed by atoms with Gasteiger partial charge in [-0.2, -0.15) is 0 Å². The zero-order chi connectivity index (χ0) is 24.3. The monoisotopic (exact) mass is 464 g/mol. The Morgan fingerprint density at radius 3 is 2.15 bits per heavy atom. The number of amides is 2. The van der Waals surface area contributed by atoms with Crippen LogP contribution in [0.4, 0.5) is 4.79 Å². The molecular weight excluding hydrogens is 432 g/mol. The Labute approximate surface area is 200 Å². The van der Waals surface area contributed by atoms with Crippen LogP contribution in [0.2, 0.25) is 0 Å². The van der Waals surface area contributed by atoms with Gasteiger partial charge in [-0.3, -0.25) is 9.59 Å². The first-order valence-electron chi connectivity index (χ1n) is 11.9. The van der Waals surface area contributed by atoms with Gasteiger partial charge in [-0.15, -0.1) is 0 Å². The standard InChI is InChI=1S/C27H32N2O5/c1-3-18(16-24(30)29-14-12-27(2,13-15-29)25(31)32)28-26(33)34-17-23-21-10-6-4-8-19(21)20-9-5-7-11-22(20)23/h4-11,18,23H,3,12-17H2,1-2H3,(H,28,33)(H,31,32)/t18-/m1/s1. The summed E-state index contributed by atoms with van der Waals surface area (Å²) in [6.07, 6.45) is 1.11. The summed E-state index contributed by atoms with van der Waals surface area (Å²) in [6, 6.07) is 16.0. The minimum absolute atomic E-state index is 0.0169. The predicted molar refractivity (Wildman–Crippen MR) is 128 cm³/mol. The molecule has 1 heterocycles. The van der Waals surface area contributed by atoms with Crippen molar-refractivity contribution in [3.63, 3.8) is 0 Å². The summed E-state index contributed by atoms with van der Waals surface area (Å²) in [5.74, 6) is -0.905. The Balaban J connectivity index is 1.31. The molecule has 4 rings (SSSR count). The van der Waals surface area contributed by atoms with Crippen LogP contribution < -0.4 is 5.32 Å². The average molecular weight is 465 g/mol. The molecule has 180 valence electrons. The summed E-state index contributed by atoms with van der Waals surface area (Å²) in [4.78, 5) is 38.5. The summed E-state index contributed by atoms with van der Waals surface area (Å²) in [7, 11) is 0. The second-order valence-electron chi connectivity index (χ2n) is 9.53. The number of likely N-dealkylation sites (tertiary alicyclic amines) is 1. The lowest BCUT2D eigenvalue weighted by molar-refractivity contribution is -0.153. The molecule has 2 aromatic carbocycles. The second-order valence-corrected chi connectivity index (χ2v) is 9.53. The highest BCUT2D eigenvalue weighted by Crippen LogP contribution is 2.44. The molecule has 0 unspecified atom stereocenters. The lowest BCUT2D eigenvalue weighted by atomic mass is 9.80. The molecule has 2 amide bonds. The SMILES string of the molecule is CC[C@H](CC(=O)N1CCC(C)(C(=O)O)CC1)NC(=O)OCC1c2ccccc2-c2ccccc21. The number of aliphatic carboxylic acids is 1. The van der Waals surface area contributed by atoms with Crippen LogP contribution in [0.15, 0.2) is 48.5 Å².